The average Bonchev–Trinajstić information content (AvgIpc) is 2.49. The van der Waals surface area contributed by atoms with Gasteiger partial charge in [0.05, 0.1) is 16.7 Å². The summed E-state index contributed by atoms with van der Waals surface area (Å²) in [6.07, 6.45) is 0. The van der Waals surface area contributed by atoms with Crippen LogP contribution >= 0.6 is 11.5 Å². The summed E-state index contributed by atoms with van der Waals surface area (Å²) in [6.45, 7) is 2.53. The van der Waals surface area contributed by atoms with Crippen LogP contribution in [0.4, 0.5) is 0 Å². The van der Waals surface area contributed by atoms with Crippen molar-refractivity contribution in [3.8, 4) is 11.6 Å². The summed E-state index contributed by atoms with van der Waals surface area (Å²) in [6, 6.07) is 5.15. The molecule has 0 aliphatic carbocycles. The molecule has 1 N–H and O–H groups in total. The molecule has 0 saturated carbocycles. The van der Waals surface area contributed by atoms with E-state index >= 15 is 0 Å². The van der Waals surface area contributed by atoms with Crippen LogP contribution in [-0.2, 0) is 0 Å². The molecule has 0 atom stereocenters. The number of benzene rings is 1. The normalized spacial score (nSPS) is 10.5. The molecule has 0 fully saturated rings. The summed E-state index contributed by atoms with van der Waals surface area (Å²) in [5.74, 6) is 0.918. The van der Waals surface area contributed by atoms with E-state index in [4.69, 9.17) is 4.74 Å². The highest BCUT2D eigenvalue weighted by atomic mass is 32.1. The van der Waals surface area contributed by atoms with Gasteiger partial charge < -0.3 is 9.84 Å². The lowest BCUT2D eigenvalue weighted by Crippen LogP contribution is -1.90. The molecule has 3 nitrogen and oxygen atoms in total. The van der Waals surface area contributed by atoms with Gasteiger partial charge in [-0.25, -0.2) is 0 Å². The Labute approximate surface area is 79.8 Å². The van der Waals surface area contributed by atoms with E-state index in [0.717, 1.165) is 10.1 Å². The van der Waals surface area contributed by atoms with Crippen LogP contribution < -0.4 is 4.74 Å². The van der Waals surface area contributed by atoms with Crippen molar-refractivity contribution in [3.05, 3.63) is 18.2 Å². The van der Waals surface area contributed by atoms with E-state index in [9.17, 15) is 5.11 Å². The predicted molar refractivity (Wildman–Crippen MR) is 52.5 cm³/mol. The van der Waals surface area contributed by atoms with Crippen LogP contribution in [-0.4, -0.2) is 16.1 Å². The molecule has 1 aromatic carbocycles. The lowest BCUT2D eigenvalue weighted by atomic mass is 10.2. The van der Waals surface area contributed by atoms with Crippen molar-refractivity contribution >= 4 is 21.6 Å². The first-order chi connectivity index (χ1) is 6.31. The summed E-state index contributed by atoms with van der Waals surface area (Å²) in [7, 11) is 0. The van der Waals surface area contributed by atoms with Crippen LogP contribution in [0.1, 0.15) is 6.92 Å². The minimum atomic E-state index is 0.263. The molecule has 0 saturated heterocycles. The Kier molecular flexibility index (Phi) is 2.06. The minimum absolute atomic E-state index is 0.263. The van der Waals surface area contributed by atoms with Crippen molar-refractivity contribution in [2.75, 3.05) is 6.61 Å². The summed E-state index contributed by atoms with van der Waals surface area (Å²) < 4.78 is 10.4. The highest BCUT2D eigenvalue weighted by Gasteiger charge is 2.06. The van der Waals surface area contributed by atoms with Crippen LogP contribution in [0.5, 0.6) is 11.6 Å². The predicted octanol–water partition coefficient (Wildman–Crippen LogP) is 2.40. The van der Waals surface area contributed by atoms with Crippen molar-refractivity contribution in [2.24, 2.45) is 0 Å². The highest BCUT2D eigenvalue weighted by Crippen LogP contribution is 2.30. The first kappa shape index (κ1) is 8.31. The molecular formula is C9H9NO2S. The van der Waals surface area contributed by atoms with Gasteiger partial charge >= 0.3 is 0 Å². The summed E-state index contributed by atoms with van der Waals surface area (Å²) in [5.41, 5.74) is 0. The SMILES string of the molecule is CCOc1nsc2cc(O)ccc12. The number of fused-ring (bicyclic) bond motifs is 1. The Balaban J connectivity index is 2.55. The van der Waals surface area contributed by atoms with Gasteiger partial charge in [0.15, 0.2) is 0 Å². The molecule has 2 rings (SSSR count). The van der Waals surface area contributed by atoms with Crippen LogP contribution in [0.2, 0.25) is 0 Å². The van der Waals surface area contributed by atoms with E-state index in [1.54, 1.807) is 12.1 Å². The third kappa shape index (κ3) is 1.45. The fourth-order valence-electron chi connectivity index (χ4n) is 1.14. The Morgan fingerprint density at radius 1 is 1.54 bits per heavy atom. The van der Waals surface area contributed by atoms with Crippen LogP contribution in [0.3, 0.4) is 0 Å². The molecular weight excluding hydrogens is 186 g/mol. The number of aromatic hydroxyl groups is 1. The van der Waals surface area contributed by atoms with Crippen LogP contribution in [0.15, 0.2) is 18.2 Å². The van der Waals surface area contributed by atoms with Crippen molar-refractivity contribution < 1.29 is 9.84 Å². The molecule has 0 amide bonds. The van der Waals surface area contributed by atoms with E-state index in [0.29, 0.717) is 12.5 Å². The fraction of sp³-hybridized carbons (Fsp3) is 0.222. The van der Waals surface area contributed by atoms with E-state index in [-0.39, 0.29) is 5.75 Å². The van der Waals surface area contributed by atoms with Gasteiger partial charge in [0.25, 0.3) is 0 Å². The van der Waals surface area contributed by atoms with Crippen molar-refractivity contribution in [3.63, 3.8) is 0 Å². The van der Waals surface area contributed by atoms with E-state index in [1.165, 1.54) is 11.5 Å². The Morgan fingerprint density at radius 2 is 2.38 bits per heavy atom. The lowest BCUT2D eigenvalue weighted by molar-refractivity contribution is 0.334. The second kappa shape index (κ2) is 3.22. The summed E-state index contributed by atoms with van der Waals surface area (Å²) >= 11 is 1.33. The third-order valence-corrected chi connectivity index (χ3v) is 2.50. The van der Waals surface area contributed by atoms with E-state index in [1.807, 2.05) is 13.0 Å². The second-order valence-corrected chi connectivity index (χ2v) is 3.41. The maximum atomic E-state index is 9.21. The molecule has 0 unspecified atom stereocenters. The Morgan fingerprint density at radius 3 is 3.15 bits per heavy atom. The van der Waals surface area contributed by atoms with E-state index < -0.39 is 0 Å². The fourth-order valence-corrected chi connectivity index (χ4v) is 1.90. The molecule has 4 heteroatoms. The molecule has 0 bridgehead atoms. The summed E-state index contributed by atoms with van der Waals surface area (Å²) in [5, 5.41) is 10.2. The number of rotatable bonds is 2. The van der Waals surface area contributed by atoms with Crippen molar-refractivity contribution in [1.82, 2.24) is 4.37 Å². The van der Waals surface area contributed by atoms with Crippen molar-refractivity contribution in [1.29, 1.82) is 0 Å². The Bertz CT molecular complexity index is 424. The van der Waals surface area contributed by atoms with Gasteiger partial charge in [-0.2, -0.15) is 4.37 Å². The van der Waals surface area contributed by atoms with Crippen LogP contribution in [0, 0.1) is 0 Å². The zero-order valence-corrected chi connectivity index (χ0v) is 7.97. The molecule has 0 radical (unpaired) electrons. The smallest absolute Gasteiger partial charge is 0.233 e. The maximum absolute atomic E-state index is 9.21. The largest absolute Gasteiger partial charge is 0.508 e. The van der Waals surface area contributed by atoms with Crippen molar-refractivity contribution in [2.45, 2.75) is 6.92 Å². The molecule has 2 aromatic rings. The standard InChI is InChI=1S/C9H9NO2S/c1-2-12-9-7-4-3-6(11)5-8(7)13-10-9/h3-5,11H,2H2,1H3. The van der Waals surface area contributed by atoms with Gasteiger partial charge in [-0.15, -0.1) is 0 Å². The maximum Gasteiger partial charge on any atom is 0.233 e. The monoisotopic (exact) mass is 195 g/mol. The van der Waals surface area contributed by atoms with Gasteiger partial charge in [-0.05, 0) is 36.7 Å². The summed E-state index contributed by atoms with van der Waals surface area (Å²) in [4.78, 5) is 0. The molecule has 1 aromatic heterocycles. The molecule has 13 heavy (non-hydrogen) atoms. The number of aromatic nitrogens is 1. The number of hydrogen-bond acceptors (Lipinski definition) is 4. The first-order valence-electron chi connectivity index (χ1n) is 4.02. The highest BCUT2D eigenvalue weighted by molar-refractivity contribution is 7.13. The molecule has 1 heterocycles. The number of ether oxygens (including phenoxy) is 1. The molecule has 68 valence electrons. The van der Waals surface area contributed by atoms with Crippen LogP contribution in [0.25, 0.3) is 10.1 Å². The van der Waals surface area contributed by atoms with Gasteiger partial charge in [0.2, 0.25) is 5.88 Å². The molecule has 0 spiro atoms. The third-order valence-electron chi connectivity index (χ3n) is 1.70. The number of phenolic OH excluding ortho intramolecular Hbond substituents is 1. The van der Waals surface area contributed by atoms with Gasteiger partial charge in [0.1, 0.15) is 5.75 Å². The molecule has 0 aliphatic heterocycles. The quantitative estimate of drug-likeness (QED) is 0.800. The first-order valence-corrected chi connectivity index (χ1v) is 4.80. The number of hydrogen-bond donors (Lipinski definition) is 1. The average molecular weight is 195 g/mol. The van der Waals surface area contributed by atoms with Gasteiger partial charge in [0, 0.05) is 0 Å². The zero-order valence-electron chi connectivity index (χ0n) is 7.15. The number of phenols is 1. The van der Waals surface area contributed by atoms with Gasteiger partial charge in [-0.3, -0.25) is 0 Å². The second-order valence-electron chi connectivity index (χ2n) is 2.60. The van der Waals surface area contributed by atoms with Gasteiger partial charge in [-0.1, -0.05) is 0 Å². The minimum Gasteiger partial charge on any atom is -0.508 e. The zero-order chi connectivity index (χ0) is 9.26. The lowest BCUT2D eigenvalue weighted by Gasteiger charge is -1.97. The Hall–Kier alpha value is -1.29. The number of nitrogens with zero attached hydrogens (tertiary/aromatic N) is 1. The topological polar surface area (TPSA) is 42.4 Å². The molecule has 0 aliphatic rings. The van der Waals surface area contributed by atoms with E-state index in [2.05, 4.69) is 4.37 Å².